The van der Waals surface area contributed by atoms with Crippen molar-refractivity contribution in [2.45, 2.75) is 19.6 Å². The average molecular weight is 303 g/mol. The Kier molecular flexibility index (Phi) is 2.92. The highest BCUT2D eigenvalue weighted by atomic mass is 79.9. The van der Waals surface area contributed by atoms with Gasteiger partial charge in [-0.05, 0) is 22.9 Å². The van der Waals surface area contributed by atoms with E-state index in [1.807, 2.05) is 0 Å². The smallest absolute Gasteiger partial charge is 0.329 e. The highest BCUT2D eigenvalue weighted by molar-refractivity contribution is 9.10. The molecule has 2 N–H and O–H groups in total. The van der Waals surface area contributed by atoms with Gasteiger partial charge in [0.15, 0.2) is 15.9 Å². The zero-order chi connectivity index (χ0) is 12.7. The molecular formula is C9H11BrN4O3. The number of rotatable bonds is 2. The summed E-state index contributed by atoms with van der Waals surface area (Å²) in [6.07, 6.45) is -0.625. The van der Waals surface area contributed by atoms with Crippen LogP contribution in [0.5, 0.6) is 0 Å². The molecule has 0 amide bonds. The van der Waals surface area contributed by atoms with Gasteiger partial charge < -0.3 is 9.67 Å². The summed E-state index contributed by atoms with van der Waals surface area (Å²) in [5, 5.41) is 9.37. The molecule has 0 bridgehead atoms. The van der Waals surface area contributed by atoms with Crippen LogP contribution in [0, 0.1) is 0 Å². The molecule has 1 unspecified atom stereocenters. The number of imidazole rings is 1. The predicted octanol–water partition coefficient (Wildman–Crippen LogP) is -0.433. The highest BCUT2D eigenvalue weighted by Gasteiger charge is 2.16. The second-order valence-corrected chi connectivity index (χ2v) is 4.54. The summed E-state index contributed by atoms with van der Waals surface area (Å²) in [6, 6.07) is 0. The first-order chi connectivity index (χ1) is 7.91. The number of hydrogen-bond acceptors (Lipinski definition) is 4. The Labute approximate surface area is 104 Å². The van der Waals surface area contributed by atoms with Gasteiger partial charge in [-0.15, -0.1) is 0 Å². The van der Waals surface area contributed by atoms with Gasteiger partial charge in [0.1, 0.15) is 0 Å². The molecular weight excluding hydrogens is 292 g/mol. The van der Waals surface area contributed by atoms with Gasteiger partial charge in [-0.3, -0.25) is 14.3 Å². The van der Waals surface area contributed by atoms with E-state index in [9.17, 15) is 14.7 Å². The number of nitrogens with zero attached hydrogens (tertiary/aromatic N) is 3. The topological polar surface area (TPSA) is 92.9 Å². The highest BCUT2D eigenvalue weighted by Crippen LogP contribution is 2.16. The van der Waals surface area contributed by atoms with Crippen LogP contribution in [0.1, 0.15) is 6.92 Å². The van der Waals surface area contributed by atoms with E-state index in [4.69, 9.17) is 0 Å². The molecule has 0 aromatic carbocycles. The molecule has 2 rings (SSSR count). The van der Waals surface area contributed by atoms with E-state index < -0.39 is 17.4 Å². The molecule has 2 aromatic rings. The Morgan fingerprint density at radius 3 is 2.76 bits per heavy atom. The zero-order valence-electron chi connectivity index (χ0n) is 9.27. The van der Waals surface area contributed by atoms with Crippen LogP contribution in [0.15, 0.2) is 14.3 Å². The molecule has 92 valence electrons. The minimum absolute atomic E-state index is 0.221. The Bertz CT molecular complexity index is 682. The van der Waals surface area contributed by atoms with E-state index in [1.165, 1.54) is 16.2 Å². The summed E-state index contributed by atoms with van der Waals surface area (Å²) < 4.78 is 3.18. The van der Waals surface area contributed by atoms with E-state index in [0.717, 1.165) is 0 Å². The van der Waals surface area contributed by atoms with Crippen LogP contribution in [0.25, 0.3) is 11.2 Å². The van der Waals surface area contributed by atoms with Gasteiger partial charge in [-0.1, -0.05) is 0 Å². The van der Waals surface area contributed by atoms with Crippen molar-refractivity contribution in [2.24, 2.45) is 7.05 Å². The van der Waals surface area contributed by atoms with Gasteiger partial charge >= 0.3 is 5.69 Å². The molecule has 0 radical (unpaired) electrons. The summed E-state index contributed by atoms with van der Waals surface area (Å²) in [6.45, 7) is 1.83. The molecule has 0 saturated heterocycles. The lowest BCUT2D eigenvalue weighted by Gasteiger charge is -2.07. The first-order valence-corrected chi connectivity index (χ1v) is 5.74. The van der Waals surface area contributed by atoms with Crippen molar-refractivity contribution >= 4 is 27.1 Å². The third kappa shape index (κ3) is 1.93. The number of aromatic amines is 1. The molecule has 0 spiro atoms. The molecule has 0 saturated carbocycles. The van der Waals surface area contributed by atoms with Crippen molar-refractivity contribution in [1.29, 1.82) is 0 Å². The molecule has 1 atom stereocenters. The number of H-pyrrole nitrogens is 1. The minimum Gasteiger partial charge on any atom is -0.392 e. The number of aryl methyl sites for hydroxylation is 1. The number of fused-ring (bicyclic) bond motifs is 1. The van der Waals surface area contributed by atoms with E-state index in [0.29, 0.717) is 4.73 Å². The van der Waals surface area contributed by atoms with E-state index in [1.54, 1.807) is 6.92 Å². The Morgan fingerprint density at radius 1 is 1.53 bits per heavy atom. The number of nitrogens with one attached hydrogen (secondary N) is 1. The molecule has 0 aliphatic rings. The number of aromatic nitrogens is 4. The number of hydrogen-bond donors (Lipinski definition) is 2. The van der Waals surface area contributed by atoms with Gasteiger partial charge in [-0.2, -0.15) is 0 Å². The number of aliphatic hydroxyl groups is 1. The largest absolute Gasteiger partial charge is 0.392 e. The second-order valence-electron chi connectivity index (χ2n) is 3.83. The molecule has 2 heterocycles. The van der Waals surface area contributed by atoms with Crippen molar-refractivity contribution in [3.8, 4) is 0 Å². The average Bonchev–Trinajstić information content (AvgIpc) is 2.53. The van der Waals surface area contributed by atoms with Gasteiger partial charge in [0.2, 0.25) is 0 Å². The van der Waals surface area contributed by atoms with Crippen LogP contribution >= 0.6 is 15.9 Å². The lowest BCUT2D eigenvalue weighted by molar-refractivity contribution is 0.174. The van der Waals surface area contributed by atoms with Crippen molar-refractivity contribution in [3.05, 3.63) is 25.6 Å². The quantitative estimate of drug-likeness (QED) is 0.736. The third-order valence-electron chi connectivity index (χ3n) is 2.41. The lowest BCUT2D eigenvalue weighted by Crippen LogP contribution is -2.29. The lowest BCUT2D eigenvalue weighted by atomic mass is 10.4. The van der Waals surface area contributed by atoms with Crippen LogP contribution in [0.3, 0.4) is 0 Å². The molecule has 2 aromatic heterocycles. The van der Waals surface area contributed by atoms with Crippen LogP contribution in [0.4, 0.5) is 0 Å². The first kappa shape index (κ1) is 12.1. The standard InChI is InChI=1S/C9H11BrN4O3/c1-4(15)3-14-5-6(11-8(14)10)13(2)9(17)12-7(5)16/h4,15H,3H2,1-2H3,(H,12,16,17). The maximum absolute atomic E-state index is 11.7. The fourth-order valence-corrected chi connectivity index (χ4v) is 2.13. The van der Waals surface area contributed by atoms with Gasteiger partial charge in [0.25, 0.3) is 5.56 Å². The van der Waals surface area contributed by atoms with E-state index >= 15 is 0 Å². The van der Waals surface area contributed by atoms with Gasteiger partial charge in [-0.25, -0.2) is 9.78 Å². The van der Waals surface area contributed by atoms with E-state index in [-0.39, 0.29) is 17.7 Å². The summed E-state index contributed by atoms with van der Waals surface area (Å²) in [4.78, 5) is 29.4. The SMILES string of the molecule is CC(O)Cn1c(Br)nc2c1c(=O)[nH]c(=O)n2C. The minimum atomic E-state index is -0.625. The van der Waals surface area contributed by atoms with Crippen molar-refractivity contribution in [3.63, 3.8) is 0 Å². The Hall–Kier alpha value is -1.41. The van der Waals surface area contributed by atoms with Crippen molar-refractivity contribution in [1.82, 2.24) is 19.1 Å². The first-order valence-electron chi connectivity index (χ1n) is 4.95. The Morgan fingerprint density at radius 2 is 2.18 bits per heavy atom. The van der Waals surface area contributed by atoms with Crippen molar-refractivity contribution in [2.75, 3.05) is 0 Å². The third-order valence-corrected chi connectivity index (χ3v) is 3.01. The normalized spacial score (nSPS) is 13.2. The number of halogens is 1. The van der Waals surface area contributed by atoms with Crippen LogP contribution < -0.4 is 11.2 Å². The maximum atomic E-state index is 11.7. The molecule has 0 fully saturated rings. The second kappa shape index (κ2) is 4.11. The van der Waals surface area contributed by atoms with Gasteiger partial charge in [0.05, 0.1) is 12.6 Å². The Balaban J connectivity index is 2.87. The fourth-order valence-electron chi connectivity index (χ4n) is 1.64. The molecule has 17 heavy (non-hydrogen) atoms. The zero-order valence-corrected chi connectivity index (χ0v) is 10.9. The summed E-state index contributed by atoms with van der Waals surface area (Å²) in [5.41, 5.74) is -0.482. The summed E-state index contributed by atoms with van der Waals surface area (Å²) in [7, 11) is 1.52. The fraction of sp³-hybridized carbons (Fsp3) is 0.444. The maximum Gasteiger partial charge on any atom is 0.329 e. The summed E-state index contributed by atoms with van der Waals surface area (Å²) in [5.74, 6) is 0. The van der Waals surface area contributed by atoms with E-state index in [2.05, 4.69) is 25.9 Å². The molecule has 0 aliphatic carbocycles. The van der Waals surface area contributed by atoms with Crippen LogP contribution in [0.2, 0.25) is 0 Å². The van der Waals surface area contributed by atoms with Crippen LogP contribution in [-0.4, -0.2) is 30.3 Å². The van der Waals surface area contributed by atoms with Crippen LogP contribution in [-0.2, 0) is 13.6 Å². The molecule has 8 heteroatoms. The van der Waals surface area contributed by atoms with Crippen molar-refractivity contribution < 1.29 is 5.11 Å². The summed E-state index contributed by atoms with van der Waals surface area (Å²) >= 11 is 3.20. The predicted molar refractivity (Wildman–Crippen MR) is 65.0 cm³/mol. The van der Waals surface area contributed by atoms with Gasteiger partial charge in [0, 0.05) is 7.05 Å². The molecule has 0 aliphatic heterocycles. The molecule has 7 nitrogen and oxygen atoms in total. The number of aliphatic hydroxyl groups excluding tert-OH is 1. The monoisotopic (exact) mass is 302 g/mol.